The van der Waals surface area contributed by atoms with Crippen LogP contribution in [0.2, 0.25) is 0 Å². The van der Waals surface area contributed by atoms with Gasteiger partial charge in [0.2, 0.25) is 0 Å². The largest absolute Gasteiger partial charge is 0.335 e. The van der Waals surface area contributed by atoms with Crippen LogP contribution in [0, 0.1) is 53.3 Å². The van der Waals surface area contributed by atoms with Crippen molar-refractivity contribution in [1.82, 2.24) is 0 Å². The quantitative estimate of drug-likeness (QED) is 0.269. The van der Waals surface area contributed by atoms with Crippen molar-refractivity contribution in [2.75, 3.05) is 4.90 Å². The van der Waals surface area contributed by atoms with Gasteiger partial charge in [-0.2, -0.15) is 0 Å². The molecule has 1 heteroatoms. The van der Waals surface area contributed by atoms with Crippen molar-refractivity contribution in [3.8, 4) is 0 Å². The van der Waals surface area contributed by atoms with E-state index in [1.807, 2.05) is 0 Å². The lowest BCUT2D eigenvalue weighted by Crippen LogP contribution is -2.41. The van der Waals surface area contributed by atoms with Gasteiger partial charge in [-0.25, -0.2) is 0 Å². The number of nitrogens with zero attached hydrogens (tertiary/aromatic N) is 1. The first-order chi connectivity index (χ1) is 29.8. The molecule has 0 heterocycles. The normalized spacial score (nSPS) is 38.5. The van der Waals surface area contributed by atoms with Gasteiger partial charge in [-0.15, -0.1) is 0 Å². The molecule has 0 bridgehead atoms. The van der Waals surface area contributed by atoms with Crippen LogP contribution in [-0.2, 0) is 5.41 Å². The van der Waals surface area contributed by atoms with Crippen molar-refractivity contribution in [3.63, 3.8) is 0 Å². The Morgan fingerprint density at radius 2 is 1.65 bits per heavy atom. The Kier molecular flexibility index (Phi) is 8.55. The van der Waals surface area contributed by atoms with E-state index in [9.17, 15) is 0 Å². The van der Waals surface area contributed by atoms with Crippen molar-refractivity contribution in [3.05, 3.63) is 190 Å². The van der Waals surface area contributed by atoms with Crippen molar-refractivity contribution in [1.29, 1.82) is 0 Å². The van der Waals surface area contributed by atoms with E-state index in [1.54, 1.807) is 50.1 Å². The van der Waals surface area contributed by atoms with E-state index in [2.05, 4.69) is 145 Å². The highest BCUT2D eigenvalue weighted by Gasteiger charge is 2.64. The van der Waals surface area contributed by atoms with E-state index in [1.165, 1.54) is 75.6 Å². The Balaban J connectivity index is 1.01. The van der Waals surface area contributed by atoms with Gasteiger partial charge in [0.25, 0.3) is 0 Å². The summed E-state index contributed by atoms with van der Waals surface area (Å²) in [4.78, 5) is 2.89. The first kappa shape index (κ1) is 36.1. The lowest BCUT2D eigenvalue weighted by molar-refractivity contribution is 0.243. The molecule has 11 unspecified atom stereocenters. The molecule has 1 aromatic rings. The zero-order chi connectivity index (χ0) is 39.4. The van der Waals surface area contributed by atoms with Crippen LogP contribution in [0.5, 0.6) is 0 Å². The lowest BCUT2D eigenvalue weighted by atomic mass is 9.61. The molecule has 11 atom stereocenters. The van der Waals surface area contributed by atoms with Crippen LogP contribution in [0.4, 0.5) is 5.69 Å². The predicted molar refractivity (Wildman–Crippen MR) is 250 cm³/mol. The smallest absolute Gasteiger partial charge is 0.0522 e. The number of benzene rings is 1. The maximum absolute atomic E-state index is 2.98. The second-order valence-corrected chi connectivity index (χ2v) is 20.4. The molecule has 0 aliphatic heterocycles. The van der Waals surface area contributed by atoms with Crippen LogP contribution >= 0.6 is 0 Å². The number of hydrogen-bond donors (Lipinski definition) is 0. The van der Waals surface area contributed by atoms with E-state index in [0.717, 1.165) is 25.7 Å². The zero-order valence-corrected chi connectivity index (χ0v) is 35.4. The van der Waals surface area contributed by atoms with Gasteiger partial charge in [0.15, 0.2) is 0 Å². The first-order valence-corrected chi connectivity index (χ1v) is 24.4. The molecule has 13 rings (SSSR count). The van der Waals surface area contributed by atoms with Gasteiger partial charge in [-0.05, 0) is 170 Å². The Bertz CT molecular complexity index is 2470. The minimum atomic E-state index is -0.104. The number of anilines is 1. The Labute approximate surface area is 359 Å². The molecule has 302 valence electrons. The van der Waals surface area contributed by atoms with E-state index < -0.39 is 0 Å². The van der Waals surface area contributed by atoms with Crippen molar-refractivity contribution in [2.45, 2.75) is 101 Å². The summed E-state index contributed by atoms with van der Waals surface area (Å²) in [6.45, 7) is 0. The predicted octanol–water partition coefficient (Wildman–Crippen LogP) is 14.4. The minimum absolute atomic E-state index is 0.104. The van der Waals surface area contributed by atoms with Gasteiger partial charge in [-0.3, -0.25) is 0 Å². The number of allylic oxidation sites excluding steroid dienone is 26. The Morgan fingerprint density at radius 1 is 0.700 bits per heavy atom. The average Bonchev–Trinajstić information content (AvgIpc) is 3.93. The van der Waals surface area contributed by atoms with Crippen LogP contribution in [-0.4, -0.2) is 6.04 Å². The molecule has 12 aliphatic carbocycles. The third-order valence-corrected chi connectivity index (χ3v) is 17.8. The van der Waals surface area contributed by atoms with E-state index in [-0.39, 0.29) is 5.41 Å². The number of rotatable bonds is 5. The van der Waals surface area contributed by atoms with Gasteiger partial charge in [0.05, 0.1) is 11.5 Å². The van der Waals surface area contributed by atoms with Crippen LogP contribution in [0.1, 0.15) is 101 Å². The molecule has 1 nitrogen and oxygen atoms in total. The van der Waals surface area contributed by atoms with Crippen LogP contribution < -0.4 is 4.90 Å². The summed E-state index contributed by atoms with van der Waals surface area (Å²) in [6, 6.07) is 7.92. The maximum Gasteiger partial charge on any atom is 0.0522 e. The topological polar surface area (TPSA) is 3.24 Å². The van der Waals surface area contributed by atoms with Crippen LogP contribution in [0.25, 0.3) is 5.57 Å². The van der Waals surface area contributed by atoms with Crippen LogP contribution in [0.3, 0.4) is 0 Å². The second-order valence-electron chi connectivity index (χ2n) is 20.4. The summed E-state index contributed by atoms with van der Waals surface area (Å²) in [5.41, 5.74) is 18.0. The summed E-state index contributed by atoms with van der Waals surface area (Å²) in [5.74, 6) is 5.42. The Hall–Kier alpha value is -4.62. The molecular formula is C59H61N. The van der Waals surface area contributed by atoms with E-state index in [0.29, 0.717) is 59.3 Å². The fraction of sp³-hybridized carbons (Fsp3) is 0.424. The van der Waals surface area contributed by atoms with Gasteiger partial charge in [-0.1, -0.05) is 152 Å². The zero-order valence-electron chi connectivity index (χ0n) is 35.4. The number of fused-ring (bicyclic) bond motifs is 12. The third-order valence-electron chi connectivity index (χ3n) is 17.8. The number of hydrogen-bond acceptors (Lipinski definition) is 1. The third kappa shape index (κ3) is 5.17. The van der Waals surface area contributed by atoms with E-state index in [4.69, 9.17) is 0 Å². The molecule has 0 amide bonds. The summed E-state index contributed by atoms with van der Waals surface area (Å²) in [6.07, 6.45) is 67.6. The monoisotopic (exact) mass is 783 g/mol. The summed E-state index contributed by atoms with van der Waals surface area (Å²) in [7, 11) is 0. The Morgan fingerprint density at radius 3 is 2.52 bits per heavy atom. The average molecular weight is 784 g/mol. The lowest BCUT2D eigenvalue weighted by Gasteiger charge is -2.45. The molecule has 3 saturated carbocycles. The van der Waals surface area contributed by atoms with Crippen molar-refractivity contribution in [2.24, 2.45) is 53.3 Å². The van der Waals surface area contributed by atoms with Gasteiger partial charge in [0, 0.05) is 23.2 Å². The fourth-order valence-corrected chi connectivity index (χ4v) is 15.5. The molecular weight excluding hydrogens is 723 g/mol. The van der Waals surface area contributed by atoms with Crippen molar-refractivity contribution < 1.29 is 0 Å². The summed E-state index contributed by atoms with van der Waals surface area (Å²) >= 11 is 0. The summed E-state index contributed by atoms with van der Waals surface area (Å²) in [5, 5.41) is 0. The van der Waals surface area contributed by atoms with E-state index >= 15 is 0 Å². The van der Waals surface area contributed by atoms with Crippen molar-refractivity contribution >= 4 is 11.3 Å². The molecule has 12 aliphatic rings. The molecule has 0 aromatic heterocycles. The van der Waals surface area contributed by atoms with Gasteiger partial charge >= 0.3 is 0 Å². The second kappa shape index (κ2) is 14.2. The summed E-state index contributed by atoms with van der Waals surface area (Å²) < 4.78 is 0. The SMILES string of the molecule is C1=CCCC(C2C=CC(N(C3=CCC(C4C=CC=CC4)C=C3)c3cccc4c3C3(C5=CC6C7C(=CC=CC7=C5C5CCCCC53)C3C=CCCC36)C3=C4CCC=C3)CC2)=C1. The van der Waals surface area contributed by atoms with Gasteiger partial charge < -0.3 is 4.90 Å². The molecule has 0 radical (unpaired) electrons. The maximum atomic E-state index is 2.98. The highest BCUT2D eigenvalue weighted by atomic mass is 15.2. The first-order valence-electron chi connectivity index (χ1n) is 24.4. The molecule has 0 N–H and O–H groups in total. The minimum Gasteiger partial charge on any atom is -0.335 e. The highest BCUT2D eigenvalue weighted by molar-refractivity contribution is 5.93. The van der Waals surface area contributed by atoms with Gasteiger partial charge in [0.1, 0.15) is 0 Å². The fourth-order valence-electron chi connectivity index (χ4n) is 15.5. The molecule has 60 heavy (non-hydrogen) atoms. The molecule has 1 aromatic carbocycles. The molecule has 3 fully saturated rings. The standard InChI is InChI=1S/C59H61N/c1-3-15-38(16-4-1)40-29-33-42(34-30-40)60(43-35-31-41(32-36-43)39-17-5-2-6-18-39)55-28-14-24-48-46-21-9-11-26-52(46)59(58(48)55)53-27-12-10-22-49(53)57-50-25-13-23-47-44-19-7-8-20-45(44)51(56(47)50)37-54(57)59/h1-5,7,11,13-15,17,19,23-26,28-29,31,33-35,37-38,40-41,43-45,49,51,53,56H,6,8-10,12,16,18,20-22,27,30,32,36H2. The molecule has 1 spiro atoms. The molecule has 0 saturated heterocycles. The highest BCUT2D eigenvalue weighted by Crippen LogP contribution is 2.73. The van der Waals surface area contributed by atoms with Crippen LogP contribution in [0.15, 0.2) is 179 Å².